The summed E-state index contributed by atoms with van der Waals surface area (Å²) in [6.45, 7) is 2.41. The van der Waals surface area contributed by atoms with Gasteiger partial charge in [0, 0.05) is 13.6 Å². The van der Waals surface area contributed by atoms with E-state index in [1.165, 1.54) is 4.90 Å². The molecule has 0 saturated carbocycles. The van der Waals surface area contributed by atoms with Crippen LogP contribution in [0.5, 0.6) is 0 Å². The topological polar surface area (TPSA) is 83.3 Å². The molecule has 0 saturated heterocycles. The van der Waals surface area contributed by atoms with Crippen LogP contribution in [-0.2, 0) is 6.54 Å². The summed E-state index contributed by atoms with van der Waals surface area (Å²) in [6, 6.07) is 5.34. The first-order chi connectivity index (χ1) is 7.58. The van der Waals surface area contributed by atoms with Gasteiger partial charge in [-0.2, -0.15) is 5.26 Å². The Morgan fingerprint density at radius 3 is 2.88 bits per heavy atom. The van der Waals surface area contributed by atoms with Gasteiger partial charge in [-0.15, -0.1) is 0 Å². The average Bonchev–Trinajstić information content (AvgIpc) is 2.76. The van der Waals surface area contributed by atoms with E-state index in [4.69, 9.17) is 15.4 Å². The lowest BCUT2D eigenvalue weighted by molar-refractivity contribution is 0.0751. The predicted molar refractivity (Wildman–Crippen MR) is 58.3 cm³/mol. The molecular weight excluding hydrogens is 206 g/mol. The summed E-state index contributed by atoms with van der Waals surface area (Å²) < 4.78 is 5.23. The molecule has 0 aromatic carbocycles. The molecule has 1 amide bonds. The summed E-state index contributed by atoms with van der Waals surface area (Å²) in [6.07, 6.45) is 0. The van der Waals surface area contributed by atoms with Gasteiger partial charge in [0.2, 0.25) is 0 Å². The molecule has 1 atom stereocenters. The Morgan fingerprint density at radius 1 is 1.69 bits per heavy atom. The van der Waals surface area contributed by atoms with E-state index in [0.29, 0.717) is 12.3 Å². The number of hydrogen-bond acceptors (Lipinski definition) is 4. The number of carbonyl (C=O) groups excluding carboxylic acids is 1. The third-order valence-electron chi connectivity index (χ3n) is 2.19. The molecule has 0 aliphatic rings. The highest BCUT2D eigenvalue weighted by Crippen LogP contribution is 2.10. The van der Waals surface area contributed by atoms with Gasteiger partial charge in [-0.3, -0.25) is 4.79 Å². The summed E-state index contributed by atoms with van der Waals surface area (Å²) in [5, 5.41) is 8.65. The average molecular weight is 221 g/mol. The second-order valence-corrected chi connectivity index (χ2v) is 3.69. The fraction of sp³-hybridized carbons (Fsp3) is 0.455. The number of furan rings is 1. The number of nitriles is 1. The summed E-state index contributed by atoms with van der Waals surface area (Å²) >= 11 is 0. The maximum Gasteiger partial charge on any atom is 0.289 e. The van der Waals surface area contributed by atoms with Gasteiger partial charge >= 0.3 is 0 Å². The Bertz CT molecular complexity index is 406. The van der Waals surface area contributed by atoms with E-state index >= 15 is 0 Å². The van der Waals surface area contributed by atoms with Crippen LogP contribution in [0, 0.1) is 17.2 Å². The Morgan fingerprint density at radius 2 is 2.38 bits per heavy atom. The molecule has 0 aliphatic carbocycles. The van der Waals surface area contributed by atoms with Crippen molar-refractivity contribution >= 4 is 5.91 Å². The predicted octanol–water partition coefficient (Wildman–Crippen LogP) is 0.970. The highest BCUT2D eigenvalue weighted by molar-refractivity contribution is 5.91. The fourth-order valence-corrected chi connectivity index (χ4v) is 1.33. The third kappa shape index (κ3) is 2.84. The number of nitrogens with zero attached hydrogens (tertiary/aromatic N) is 2. The van der Waals surface area contributed by atoms with Crippen LogP contribution in [0.4, 0.5) is 0 Å². The minimum atomic E-state index is -0.234. The van der Waals surface area contributed by atoms with Gasteiger partial charge < -0.3 is 15.1 Å². The minimum Gasteiger partial charge on any atom is -0.455 e. The first-order valence-corrected chi connectivity index (χ1v) is 5.02. The smallest absolute Gasteiger partial charge is 0.289 e. The van der Waals surface area contributed by atoms with Crippen LogP contribution in [0.25, 0.3) is 0 Å². The number of hydrogen-bond donors (Lipinski definition) is 1. The van der Waals surface area contributed by atoms with Crippen LogP contribution in [0.2, 0.25) is 0 Å². The first kappa shape index (κ1) is 12.3. The molecule has 1 aromatic heterocycles. The van der Waals surface area contributed by atoms with Crippen molar-refractivity contribution in [3.63, 3.8) is 0 Å². The molecule has 1 heterocycles. The lowest BCUT2D eigenvalue weighted by atomic mass is 10.2. The lowest BCUT2D eigenvalue weighted by Crippen LogP contribution is -2.30. The van der Waals surface area contributed by atoms with Gasteiger partial charge in [0.05, 0.1) is 18.5 Å². The molecule has 86 valence electrons. The molecule has 0 aliphatic heterocycles. The molecule has 16 heavy (non-hydrogen) atoms. The molecule has 1 rings (SSSR count). The first-order valence-electron chi connectivity index (χ1n) is 5.02. The van der Waals surface area contributed by atoms with E-state index < -0.39 is 0 Å². The number of amides is 1. The monoisotopic (exact) mass is 221 g/mol. The normalized spacial score (nSPS) is 11.9. The Labute approximate surface area is 94.4 Å². The van der Waals surface area contributed by atoms with Gasteiger partial charge in [-0.1, -0.05) is 0 Å². The van der Waals surface area contributed by atoms with Crippen LogP contribution in [0.1, 0.15) is 23.2 Å². The molecular formula is C11H15N3O2. The highest BCUT2D eigenvalue weighted by Gasteiger charge is 2.17. The van der Waals surface area contributed by atoms with Crippen molar-refractivity contribution in [2.75, 3.05) is 13.6 Å². The summed E-state index contributed by atoms with van der Waals surface area (Å²) in [5.41, 5.74) is 5.38. The van der Waals surface area contributed by atoms with Crippen molar-refractivity contribution in [3.8, 4) is 6.07 Å². The van der Waals surface area contributed by atoms with Gasteiger partial charge in [0.1, 0.15) is 5.76 Å². The number of rotatable bonds is 4. The molecule has 2 N–H and O–H groups in total. The van der Waals surface area contributed by atoms with E-state index in [1.807, 2.05) is 0 Å². The minimum absolute atomic E-state index is 0.196. The fourth-order valence-electron chi connectivity index (χ4n) is 1.33. The second-order valence-electron chi connectivity index (χ2n) is 3.69. The van der Waals surface area contributed by atoms with Crippen molar-refractivity contribution in [1.82, 2.24) is 4.90 Å². The third-order valence-corrected chi connectivity index (χ3v) is 2.19. The largest absolute Gasteiger partial charge is 0.455 e. The second kappa shape index (κ2) is 5.33. The van der Waals surface area contributed by atoms with Crippen LogP contribution < -0.4 is 5.73 Å². The molecule has 0 bridgehead atoms. The van der Waals surface area contributed by atoms with Gasteiger partial charge in [0.15, 0.2) is 5.76 Å². The van der Waals surface area contributed by atoms with Crippen molar-refractivity contribution in [2.24, 2.45) is 11.7 Å². The van der Waals surface area contributed by atoms with Crippen molar-refractivity contribution in [1.29, 1.82) is 5.26 Å². The van der Waals surface area contributed by atoms with E-state index in [0.717, 1.165) is 0 Å². The van der Waals surface area contributed by atoms with Crippen LogP contribution in [0.3, 0.4) is 0 Å². The van der Waals surface area contributed by atoms with Gasteiger partial charge in [0.25, 0.3) is 5.91 Å². The lowest BCUT2D eigenvalue weighted by Gasteiger charge is -2.16. The summed E-state index contributed by atoms with van der Waals surface area (Å²) in [4.78, 5) is 13.3. The molecule has 0 radical (unpaired) electrons. The standard InChI is InChI=1S/C11H15N3O2/c1-8(5-12)7-14(2)11(15)10-4-3-9(6-13)16-10/h3-4,8H,6-7,13H2,1-2H3. The van der Waals surface area contributed by atoms with E-state index in [2.05, 4.69) is 6.07 Å². The van der Waals surface area contributed by atoms with Crippen molar-refractivity contribution in [2.45, 2.75) is 13.5 Å². The Balaban J connectivity index is 2.67. The maximum atomic E-state index is 11.8. The zero-order valence-electron chi connectivity index (χ0n) is 9.43. The Hall–Kier alpha value is -1.80. The van der Waals surface area contributed by atoms with E-state index in [-0.39, 0.29) is 24.1 Å². The van der Waals surface area contributed by atoms with Gasteiger partial charge in [-0.25, -0.2) is 0 Å². The molecule has 0 spiro atoms. The molecule has 1 aromatic rings. The Kier molecular flexibility index (Phi) is 4.09. The molecule has 5 nitrogen and oxygen atoms in total. The van der Waals surface area contributed by atoms with Gasteiger partial charge in [-0.05, 0) is 19.1 Å². The van der Waals surface area contributed by atoms with Crippen LogP contribution >= 0.6 is 0 Å². The molecule has 5 heteroatoms. The summed E-state index contributed by atoms with van der Waals surface area (Å²) in [5.74, 6) is 0.401. The number of nitrogens with two attached hydrogens (primary N) is 1. The molecule has 1 unspecified atom stereocenters. The van der Waals surface area contributed by atoms with E-state index in [1.54, 1.807) is 26.1 Å². The number of carbonyl (C=O) groups is 1. The SMILES string of the molecule is CC(C#N)CN(C)C(=O)c1ccc(CN)o1. The summed E-state index contributed by atoms with van der Waals surface area (Å²) in [7, 11) is 1.64. The zero-order valence-corrected chi connectivity index (χ0v) is 9.43. The van der Waals surface area contributed by atoms with Crippen molar-refractivity contribution in [3.05, 3.63) is 23.7 Å². The van der Waals surface area contributed by atoms with E-state index in [9.17, 15) is 4.79 Å². The highest BCUT2D eigenvalue weighted by atomic mass is 16.4. The van der Waals surface area contributed by atoms with Crippen LogP contribution in [-0.4, -0.2) is 24.4 Å². The zero-order chi connectivity index (χ0) is 12.1. The van der Waals surface area contributed by atoms with Crippen LogP contribution in [0.15, 0.2) is 16.5 Å². The molecule has 0 fully saturated rings. The quantitative estimate of drug-likeness (QED) is 0.821. The van der Waals surface area contributed by atoms with Crippen molar-refractivity contribution < 1.29 is 9.21 Å². The maximum absolute atomic E-state index is 11.8.